The number of hydrogen-bond donors (Lipinski definition) is 3. The van der Waals surface area contributed by atoms with Gasteiger partial charge in [0.15, 0.2) is 5.13 Å². The molecule has 4 N–H and O–H groups in total. The standard InChI is InChI=1S/C13H22N4O2S/c1-3-15-13-16-11(14)10(20-13)12(19)17-6-4-9(5-7-17)8(2)18/h8-9,18H,3-7,14H2,1-2H3,(H,15,16). The molecule has 2 rings (SSSR count). The minimum atomic E-state index is -0.305. The Morgan fingerprint density at radius 1 is 1.60 bits per heavy atom. The maximum absolute atomic E-state index is 12.4. The number of aliphatic hydroxyl groups excluding tert-OH is 1. The molecule has 0 bridgehead atoms. The van der Waals surface area contributed by atoms with E-state index >= 15 is 0 Å². The van der Waals surface area contributed by atoms with Crippen LogP contribution < -0.4 is 11.1 Å². The molecule has 1 aliphatic heterocycles. The number of aliphatic hydroxyl groups is 1. The number of nitrogens with two attached hydrogens (primary N) is 1. The van der Waals surface area contributed by atoms with E-state index in [0.717, 1.165) is 19.4 Å². The molecule has 1 amide bonds. The number of carbonyl (C=O) groups is 1. The molecule has 1 fully saturated rings. The molecule has 1 aromatic heterocycles. The molecule has 0 spiro atoms. The summed E-state index contributed by atoms with van der Waals surface area (Å²) in [7, 11) is 0. The summed E-state index contributed by atoms with van der Waals surface area (Å²) in [5.74, 6) is 0.539. The Bertz CT molecular complexity index is 467. The Balaban J connectivity index is 2.01. The molecule has 0 saturated carbocycles. The number of piperidine rings is 1. The molecule has 1 atom stereocenters. The van der Waals surface area contributed by atoms with E-state index in [2.05, 4.69) is 10.3 Å². The first-order chi connectivity index (χ1) is 9.52. The van der Waals surface area contributed by atoms with Crippen molar-refractivity contribution in [3.05, 3.63) is 4.88 Å². The number of rotatable bonds is 4. The summed E-state index contributed by atoms with van der Waals surface area (Å²) in [6.45, 7) is 5.87. The van der Waals surface area contributed by atoms with Crippen molar-refractivity contribution >= 4 is 28.2 Å². The van der Waals surface area contributed by atoms with Gasteiger partial charge < -0.3 is 21.1 Å². The van der Waals surface area contributed by atoms with Crippen LogP contribution in [0.25, 0.3) is 0 Å². The molecule has 20 heavy (non-hydrogen) atoms. The van der Waals surface area contributed by atoms with Gasteiger partial charge in [-0.15, -0.1) is 0 Å². The Hall–Kier alpha value is -1.34. The third kappa shape index (κ3) is 3.21. The molecule has 2 heterocycles. The van der Waals surface area contributed by atoms with Crippen molar-refractivity contribution in [1.29, 1.82) is 0 Å². The van der Waals surface area contributed by atoms with E-state index in [1.807, 2.05) is 13.8 Å². The van der Waals surface area contributed by atoms with E-state index in [9.17, 15) is 9.90 Å². The van der Waals surface area contributed by atoms with Crippen molar-refractivity contribution in [3.8, 4) is 0 Å². The van der Waals surface area contributed by atoms with Gasteiger partial charge in [-0.3, -0.25) is 4.79 Å². The minimum Gasteiger partial charge on any atom is -0.393 e. The normalized spacial score (nSPS) is 18.1. The molecule has 1 saturated heterocycles. The lowest BCUT2D eigenvalue weighted by Crippen LogP contribution is -2.40. The molecular formula is C13H22N4O2S. The van der Waals surface area contributed by atoms with Crippen molar-refractivity contribution in [1.82, 2.24) is 9.88 Å². The first-order valence-corrected chi connectivity index (χ1v) is 7.82. The predicted octanol–water partition coefficient (Wildman–Crippen LogP) is 1.39. The van der Waals surface area contributed by atoms with Crippen molar-refractivity contribution in [2.45, 2.75) is 32.8 Å². The Kier molecular flexibility index (Phi) is 4.82. The lowest BCUT2D eigenvalue weighted by Gasteiger charge is -2.33. The average molecular weight is 298 g/mol. The number of likely N-dealkylation sites (tertiary alicyclic amines) is 1. The lowest BCUT2D eigenvalue weighted by molar-refractivity contribution is 0.0525. The number of aromatic nitrogens is 1. The van der Waals surface area contributed by atoms with Gasteiger partial charge in [0.05, 0.1) is 6.10 Å². The number of amides is 1. The fraction of sp³-hybridized carbons (Fsp3) is 0.692. The highest BCUT2D eigenvalue weighted by Gasteiger charge is 2.28. The maximum atomic E-state index is 12.4. The van der Waals surface area contributed by atoms with E-state index in [-0.39, 0.29) is 17.9 Å². The first-order valence-electron chi connectivity index (χ1n) is 7.00. The van der Waals surface area contributed by atoms with Gasteiger partial charge in [-0.1, -0.05) is 11.3 Å². The van der Waals surface area contributed by atoms with Gasteiger partial charge in [0.25, 0.3) is 5.91 Å². The predicted molar refractivity (Wildman–Crippen MR) is 81.0 cm³/mol. The van der Waals surface area contributed by atoms with E-state index in [0.29, 0.717) is 28.9 Å². The van der Waals surface area contributed by atoms with Gasteiger partial charge >= 0.3 is 0 Å². The van der Waals surface area contributed by atoms with Gasteiger partial charge in [-0.2, -0.15) is 0 Å². The van der Waals surface area contributed by atoms with Gasteiger partial charge in [-0.05, 0) is 32.6 Å². The number of thiazole rings is 1. The van der Waals surface area contributed by atoms with Crippen LogP contribution >= 0.6 is 11.3 Å². The van der Waals surface area contributed by atoms with Crippen molar-refractivity contribution in [3.63, 3.8) is 0 Å². The zero-order valence-electron chi connectivity index (χ0n) is 11.9. The van der Waals surface area contributed by atoms with Crippen LogP contribution in [0.1, 0.15) is 36.4 Å². The summed E-state index contributed by atoms with van der Waals surface area (Å²) >= 11 is 1.31. The molecule has 0 aromatic carbocycles. The summed E-state index contributed by atoms with van der Waals surface area (Å²) < 4.78 is 0. The fourth-order valence-electron chi connectivity index (χ4n) is 2.44. The highest BCUT2D eigenvalue weighted by Crippen LogP contribution is 2.28. The molecule has 1 unspecified atom stereocenters. The molecule has 0 radical (unpaired) electrons. The number of hydrogen-bond acceptors (Lipinski definition) is 6. The number of anilines is 2. The molecule has 1 aliphatic rings. The Morgan fingerprint density at radius 3 is 2.80 bits per heavy atom. The second-order valence-electron chi connectivity index (χ2n) is 5.13. The van der Waals surface area contributed by atoms with Crippen LogP contribution in [-0.2, 0) is 0 Å². The molecule has 0 aliphatic carbocycles. The average Bonchev–Trinajstić information content (AvgIpc) is 2.79. The molecule has 7 heteroatoms. The van der Waals surface area contributed by atoms with Gasteiger partial charge in [0, 0.05) is 19.6 Å². The summed E-state index contributed by atoms with van der Waals surface area (Å²) in [5, 5.41) is 13.3. The van der Waals surface area contributed by atoms with Crippen LogP contribution in [0.2, 0.25) is 0 Å². The van der Waals surface area contributed by atoms with Crippen LogP contribution in [-0.4, -0.2) is 46.6 Å². The summed E-state index contributed by atoms with van der Waals surface area (Å²) in [6, 6.07) is 0. The lowest BCUT2D eigenvalue weighted by atomic mass is 9.92. The Labute approximate surface area is 123 Å². The smallest absolute Gasteiger partial charge is 0.267 e. The van der Waals surface area contributed by atoms with Crippen LogP contribution in [0.4, 0.5) is 10.9 Å². The van der Waals surface area contributed by atoms with Gasteiger partial charge in [0.2, 0.25) is 0 Å². The van der Waals surface area contributed by atoms with E-state index in [1.54, 1.807) is 4.90 Å². The zero-order valence-corrected chi connectivity index (χ0v) is 12.7. The second kappa shape index (κ2) is 6.41. The summed E-state index contributed by atoms with van der Waals surface area (Å²) in [6.07, 6.45) is 1.37. The van der Waals surface area contributed by atoms with Crippen molar-refractivity contribution < 1.29 is 9.90 Å². The van der Waals surface area contributed by atoms with Gasteiger partial charge in [-0.25, -0.2) is 4.98 Å². The number of nitrogens with zero attached hydrogens (tertiary/aromatic N) is 2. The monoisotopic (exact) mass is 298 g/mol. The molecule has 1 aromatic rings. The van der Waals surface area contributed by atoms with Crippen LogP contribution in [0, 0.1) is 5.92 Å². The minimum absolute atomic E-state index is 0.0480. The fourth-order valence-corrected chi connectivity index (χ4v) is 3.36. The number of carbonyl (C=O) groups excluding carboxylic acids is 1. The summed E-state index contributed by atoms with van der Waals surface area (Å²) in [5.41, 5.74) is 5.83. The Morgan fingerprint density at radius 2 is 2.25 bits per heavy atom. The van der Waals surface area contributed by atoms with Gasteiger partial charge in [0.1, 0.15) is 10.7 Å². The van der Waals surface area contributed by atoms with E-state index in [1.165, 1.54) is 11.3 Å². The van der Waals surface area contributed by atoms with Crippen LogP contribution in [0.5, 0.6) is 0 Å². The molecular weight excluding hydrogens is 276 g/mol. The van der Waals surface area contributed by atoms with Crippen LogP contribution in [0.15, 0.2) is 0 Å². The van der Waals surface area contributed by atoms with E-state index < -0.39 is 0 Å². The van der Waals surface area contributed by atoms with Crippen LogP contribution in [0.3, 0.4) is 0 Å². The van der Waals surface area contributed by atoms with E-state index in [4.69, 9.17) is 5.73 Å². The highest BCUT2D eigenvalue weighted by molar-refractivity contribution is 7.18. The quantitative estimate of drug-likeness (QED) is 0.781. The number of nitrogen functional groups attached to an aromatic ring is 1. The largest absolute Gasteiger partial charge is 0.393 e. The number of nitrogens with one attached hydrogen (secondary N) is 1. The third-order valence-electron chi connectivity index (χ3n) is 3.68. The zero-order chi connectivity index (χ0) is 14.7. The molecule has 6 nitrogen and oxygen atoms in total. The SMILES string of the molecule is CCNc1nc(N)c(C(=O)N2CCC(C(C)O)CC2)s1. The van der Waals surface area contributed by atoms with Crippen molar-refractivity contribution in [2.75, 3.05) is 30.7 Å². The van der Waals surface area contributed by atoms with Crippen molar-refractivity contribution in [2.24, 2.45) is 5.92 Å². The molecule has 112 valence electrons. The second-order valence-corrected chi connectivity index (χ2v) is 6.13. The topological polar surface area (TPSA) is 91.5 Å². The first kappa shape index (κ1) is 15.1. The highest BCUT2D eigenvalue weighted by atomic mass is 32.1. The third-order valence-corrected chi connectivity index (χ3v) is 4.70. The summed E-state index contributed by atoms with van der Waals surface area (Å²) in [4.78, 5) is 18.9. The maximum Gasteiger partial charge on any atom is 0.267 e.